The Morgan fingerprint density at radius 1 is 1.28 bits per heavy atom. The van der Waals surface area contributed by atoms with E-state index in [1.807, 2.05) is 50.3 Å². The SMILES string of the molecule is CN(C)c1ccc(C(O)Cc2ncnn2C)cc1. The van der Waals surface area contributed by atoms with Crippen molar-refractivity contribution in [2.75, 3.05) is 19.0 Å². The first-order valence-electron chi connectivity index (χ1n) is 5.86. The van der Waals surface area contributed by atoms with E-state index < -0.39 is 6.10 Å². The molecule has 2 rings (SSSR count). The molecule has 2 aromatic rings. The zero-order chi connectivity index (χ0) is 13.1. The zero-order valence-electron chi connectivity index (χ0n) is 10.9. The van der Waals surface area contributed by atoms with Crippen molar-refractivity contribution in [3.8, 4) is 0 Å². The summed E-state index contributed by atoms with van der Waals surface area (Å²) in [7, 11) is 5.81. The fourth-order valence-electron chi connectivity index (χ4n) is 1.79. The van der Waals surface area contributed by atoms with E-state index in [0.717, 1.165) is 17.1 Å². The van der Waals surface area contributed by atoms with E-state index in [-0.39, 0.29) is 0 Å². The van der Waals surface area contributed by atoms with E-state index in [4.69, 9.17) is 0 Å². The second-order valence-electron chi connectivity index (χ2n) is 4.51. The normalized spacial score (nSPS) is 12.4. The largest absolute Gasteiger partial charge is 0.388 e. The van der Waals surface area contributed by atoms with Crippen LogP contribution in [0.2, 0.25) is 0 Å². The van der Waals surface area contributed by atoms with Gasteiger partial charge in [-0.15, -0.1) is 0 Å². The number of hydrogen-bond donors (Lipinski definition) is 1. The molecule has 0 aliphatic heterocycles. The molecule has 0 saturated heterocycles. The molecule has 1 unspecified atom stereocenters. The highest BCUT2D eigenvalue weighted by molar-refractivity contribution is 5.46. The van der Waals surface area contributed by atoms with Gasteiger partial charge < -0.3 is 10.0 Å². The molecule has 5 nitrogen and oxygen atoms in total. The zero-order valence-corrected chi connectivity index (χ0v) is 10.9. The van der Waals surface area contributed by atoms with E-state index in [1.54, 1.807) is 4.68 Å². The summed E-state index contributed by atoms with van der Waals surface area (Å²) in [4.78, 5) is 6.14. The Labute approximate surface area is 107 Å². The molecule has 18 heavy (non-hydrogen) atoms. The molecule has 1 atom stereocenters. The maximum Gasteiger partial charge on any atom is 0.138 e. The van der Waals surface area contributed by atoms with Gasteiger partial charge >= 0.3 is 0 Å². The molecule has 0 spiro atoms. The highest BCUT2D eigenvalue weighted by atomic mass is 16.3. The minimum absolute atomic E-state index is 0.470. The van der Waals surface area contributed by atoms with Gasteiger partial charge in [0, 0.05) is 33.3 Å². The van der Waals surface area contributed by atoms with Crippen molar-refractivity contribution in [1.82, 2.24) is 14.8 Å². The number of aryl methyl sites for hydroxylation is 1. The molecule has 0 aliphatic carbocycles. The molecule has 1 heterocycles. The molecule has 0 amide bonds. The topological polar surface area (TPSA) is 54.2 Å². The van der Waals surface area contributed by atoms with Gasteiger partial charge in [0.1, 0.15) is 12.2 Å². The number of rotatable bonds is 4. The van der Waals surface area contributed by atoms with E-state index >= 15 is 0 Å². The molecular formula is C13H18N4O. The van der Waals surface area contributed by atoms with E-state index in [2.05, 4.69) is 10.1 Å². The van der Waals surface area contributed by atoms with Crippen molar-refractivity contribution in [2.45, 2.75) is 12.5 Å². The van der Waals surface area contributed by atoms with Crippen molar-refractivity contribution < 1.29 is 5.11 Å². The van der Waals surface area contributed by atoms with Crippen molar-refractivity contribution in [3.05, 3.63) is 42.0 Å². The van der Waals surface area contributed by atoms with Crippen LogP contribution in [0.15, 0.2) is 30.6 Å². The monoisotopic (exact) mass is 246 g/mol. The number of anilines is 1. The van der Waals surface area contributed by atoms with Gasteiger partial charge in [-0.05, 0) is 17.7 Å². The Morgan fingerprint density at radius 3 is 2.44 bits per heavy atom. The van der Waals surface area contributed by atoms with Gasteiger partial charge in [0.25, 0.3) is 0 Å². The molecule has 1 aromatic carbocycles. The second-order valence-corrected chi connectivity index (χ2v) is 4.51. The number of benzene rings is 1. The molecule has 5 heteroatoms. The molecule has 1 N–H and O–H groups in total. The Morgan fingerprint density at radius 2 is 1.94 bits per heavy atom. The molecule has 0 saturated carbocycles. The molecule has 0 fully saturated rings. The molecule has 0 bridgehead atoms. The van der Waals surface area contributed by atoms with Crippen molar-refractivity contribution in [2.24, 2.45) is 7.05 Å². The summed E-state index contributed by atoms with van der Waals surface area (Å²) >= 11 is 0. The van der Waals surface area contributed by atoms with Crippen LogP contribution >= 0.6 is 0 Å². The standard InChI is InChI=1S/C13H18N4O/c1-16(2)11-6-4-10(5-7-11)12(18)8-13-14-9-15-17(13)3/h4-7,9,12,18H,8H2,1-3H3. The van der Waals surface area contributed by atoms with Crippen LogP contribution in [-0.4, -0.2) is 34.0 Å². The van der Waals surface area contributed by atoms with Gasteiger partial charge in [0.2, 0.25) is 0 Å². The predicted molar refractivity (Wildman–Crippen MR) is 70.4 cm³/mol. The minimum atomic E-state index is -0.552. The molecular weight excluding hydrogens is 228 g/mol. The van der Waals surface area contributed by atoms with Crippen LogP contribution in [0.1, 0.15) is 17.5 Å². The van der Waals surface area contributed by atoms with Gasteiger partial charge in [0.15, 0.2) is 0 Å². The average molecular weight is 246 g/mol. The Bertz CT molecular complexity index is 504. The van der Waals surface area contributed by atoms with Gasteiger partial charge in [-0.3, -0.25) is 4.68 Å². The van der Waals surface area contributed by atoms with Crippen LogP contribution in [0, 0.1) is 0 Å². The lowest BCUT2D eigenvalue weighted by molar-refractivity contribution is 0.174. The van der Waals surface area contributed by atoms with Gasteiger partial charge in [-0.1, -0.05) is 12.1 Å². The second kappa shape index (κ2) is 5.18. The Hall–Kier alpha value is -1.88. The fourth-order valence-corrected chi connectivity index (χ4v) is 1.79. The van der Waals surface area contributed by atoms with Crippen LogP contribution < -0.4 is 4.90 Å². The number of aliphatic hydroxyl groups is 1. The summed E-state index contributed by atoms with van der Waals surface area (Å²) in [5.74, 6) is 0.777. The lowest BCUT2D eigenvalue weighted by Crippen LogP contribution is -2.10. The summed E-state index contributed by atoms with van der Waals surface area (Å²) in [6.07, 6.45) is 1.42. The van der Waals surface area contributed by atoms with Gasteiger partial charge in [-0.25, -0.2) is 4.98 Å². The Kier molecular flexibility index (Phi) is 3.62. The van der Waals surface area contributed by atoms with Gasteiger partial charge in [-0.2, -0.15) is 5.10 Å². The molecule has 96 valence electrons. The number of aliphatic hydroxyl groups excluding tert-OH is 1. The highest BCUT2D eigenvalue weighted by Crippen LogP contribution is 2.20. The van der Waals surface area contributed by atoms with Crippen molar-refractivity contribution in [1.29, 1.82) is 0 Å². The summed E-state index contributed by atoms with van der Waals surface area (Å²) in [5, 5.41) is 14.1. The first kappa shape index (κ1) is 12.6. The number of aromatic nitrogens is 3. The quantitative estimate of drug-likeness (QED) is 0.879. The van der Waals surface area contributed by atoms with Crippen LogP contribution in [0.5, 0.6) is 0 Å². The first-order valence-corrected chi connectivity index (χ1v) is 5.86. The third kappa shape index (κ3) is 2.68. The van der Waals surface area contributed by atoms with E-state index in [1.165, 1.54) is 6.33 Å². The van der Waals surface area contributed by atoms with Crippen molar-refractivity contribution in [3.63, 3.8) is 0 Å². The third-order valence-corrected chi connectivity index (χ3v) is 2.98. The maximum absolute atomic E-state index is 10.2. The lowest BCUT2D eigenvalue weighted by Gasteiger charge is -2.15. The lowest BCUT2D eigenvalue weighted by atomic mass is 10.1. The maximum atomic E-state index is 10.2. The van der Waals surface area contributed by atoms with Crippen LogP contribution in [0.3, 0.4) is 0 Å². The van der Waals surface area contributed by atoms with Crippen LogP contribution in [-0.2, 0) is 13.5 Å². The number of hydrogen-bond acceptors (Lipinski definition) is 4. The summed E-state index contributed by atoms with van der Waals surface area (Å²) in [6.45, 7) is 0. The molecule has 0 radical (unpaired) electrons. The first-order chi connectivity index (χ1) is 8.58. The predicted octanol–water partition coefficient (Wildman–Crippen LogP) is 1.16. The smallest absolute Gasteiger partial charge is 0.138 e. The number of nitrogens with zero attached hydrogens (tertiary/aromatic N) is 4. The van der Waals surface area contributed by atoms with Crippen LogP contribution in [0.4, 0.5) is 5.69 Å². The Balaban J connectivity index is 2.09. The van der Waals surface area contributed by atoms with E-state index in [9.17, 15) is 5.11 Å². The highest BCUT2D eigenvalue weighted by Gasteiger charge is 2.12. The fraction of sp³-hybridized carbons (Fsp3) is 0.385. The summed E-state index contributed by atoms with van der Waals surface area (Å²) < 4.78 is 1.68. The van der Waals surface area contributed by atoms with Gasteiger partial charge in [0.05, 0.1) is 6.10 Å². The minimum Gasteiger partial charge on any atom is -0.388 e. The summed E-state index contributed by atoms with van der Waals surface area (Å²) in [5.41, 5.74) is 2.01. The average Bonchev–Trinajstić information content (AvgIpc) is 2.75. The van der Waals surface area contributed by atoms with Crippen LogP contribution in [0.25, 0.3) is 0 Å². The summed E-state index contributed by atoms with van der Waals surface area (Å²) in [6, 6.07) is 7.87. The molecule has 0 aliphatic rings. The molecule has 1 aromatic heterocycles. The third-order valence-electron chi connectivity index (χ3n) is 2.98. The van der Waals surface area contributed by atoms with Crippen molar-refractivity contribution >= 4 is 5.69 Å². The van der Waals surface area contributed by atoms with E-state index in [0.29, 0.717) is 6.42 Å².